The van der Waals surface area contributed by atoms with Crippen LogP contribution in [0.3, 0.4) is 0 Å². The summed E-state index contributed by atoms with van der Waals surface area (Å²) in [5.74, 6) is 1.15. The molecule has 24 heavy (non-hydrogen) atoms. The van der Waals surface area contributed by atoms with Crippen LogP contribution in [0, 0.1) is 0 Å². The molecule has 0 aliphatic carbocycles. The number of ether oxygens (including phenoxy) is 1. The molecule has 128 valence electrons. The van der Waals surface area contributed by atoms with Crippen molar-refractivity contribution in [1.82, 2.24) is 20.1 Å². The summed E-state index contributed by atoms with van der Waals surface area (Å²) in [4.78, 5) is 11.5. The van der Waals surface area contributed by atoms with E-state index in [9.17, 15) is 9.90 Å². The van der Waals surface area contributed by atoms with Crippen molar-refractivity contribution < 1.29 is 14.6 Å². The average Bonchev–Trinajstić information content (AvgIpc) is 3.24. The van der Waals surface area contributed by atoms with E-state index in [0.717, 1.165) is 25.0 Å². The van der Waals surface area contributed by atoms with E-state index in [1.165, 1.54) is 11.8 Å². The number of nitrogens with one attached hydrogen (secondary N) is 1. The van der Waals surface area contributed by atoms with Crippen molar-refractivity contribution >= 4 is 17.7 Å². The van der Waals surface area contributed by atoms with E-state index in [0.29, 0.717) is 17.5 Å². The van der Waals surface area contributed by atoms with Gasteiger partial charge in [-0.05, 0) is 37.1 Å². The third-order valence-corrected chi connectivity index (χ3v) is 4.83. The number of carbonyl (C=O) groups excluding carboxylic acids is 1. The largest absolute Gasteiger partial charge is 0.508 e. The minimum Gasteiger partial charge on any atom is -0.508 e. The molecule has 1 saturated heterocycles. The number of aromatic hydroxyl groups is 1. The van der Waals surface area contributed by atoms with Crippen LogP contribution in [0.2, 0.25) is 0 Å². The number of benzene rings is 1. The first kappa shape index (κ1) is 16.8. The van der Waals surface area contributed by atoms with Gasteiger partial charge in [0.1, 0.15) is 5.75 Å². The lowest BCUT2D eigenvalue weighted by molar-refractivity contribution is -0.118. The number of phenols is 1. The number of hydrogen-bond donors (Lipinski definition) is 2. The predicted molar refractivity (Wildman–Crippen MR) is 90.9 cm³/mol. The first-order valence-electron chi connectivity index (χ1n) is 7.85. The van der Waals surface area contributed by atoms with Gasteiger partial charge in [0.15, 0.2) is 11.0 Å². The fourth-order valence-corrected chi connectivity index (χ4v) is 3.40. The molecule has 0 radical (unpaired) electrons. The van der Waals surface area contributed by atoms with Crippen molar-refractivity contribution in [2.75, 3.05) is 19.4 Å². The highest BCUT2D eigenvalue weighted by Crippen LogP contribution is 2.27. The maximum Gasteiger partial charge on any atom is 0.230 e. The Hall–Kier alpha value is -2.06. The molecule has 0 bridgehead atoms. The number of carbonyl (C=O) groups is 1. The van der Waals surface area contributed by atoms with Gasteiger partial charge in [-0.2, -0.15) is 0 Å². The van der Waals surface area contributed by atoms with E-state index < -0.39 is 0 Å². The first-order chi connectivity index (χ1) is 11.7. The zero-order valence-corrected chi connectivity index (χ0v) is 14.3. The second-order valence-corrected chi connectivity index (χ2v) is 6.50. The molecular weight excluding hydrogens is 328 g/mol. The summed E-state index contributed by atoms with van der Waals surface area (Å²) in [5.41, 5.74) is 0.866. The molecule has 1 aliphatic rings. The maximum absolute atomic E-state index is 11.5. The van der Waals surface area contributed by atoms with Crippen molar-refractivity contribution in [3.05, 3.63) is 24.3 Å². The molecule has 1 amide bonds. The van der Waals surface area contributed by atoms with Crippen LogP contribution in [0.1, 0.15) is 12.8 Å². The summed E-state index contributed by atoms with van der Waals surface area (Å²) in [5, 5.41) is 21.3. The van der Waals surface area contributed by atoms with Crippen molar-refractivity contribution in [2.24, 2.45) is 0 Å². The van der Waals surface area contributed by atoms with Gasteiger partial charge < -0.3 is 15.2 Å². The molecule has 1 aromatic heterocycles. The lowest BCUT2D eigenvalue weighted by Crippen LogP contribution is -2.21. The molecule has 3 rings (SSSR count). The third kappa shape index (κ3) is 3.88. The molecular formula is C16H20N4O3S. The summed E-state index contributed by atoms with van der Waals surface area (Å²) in [6, 6.07) is 6.85. The molecule has 1 atom stereocenters. The number of thioether (sulfide) groups is 1. The summed E-state index contributed by atoms with van der Waals surface area (Å²) in [6.07, 6.45) is 2.20. The highest BCUT2D eigenvalue weighted by atomic mass is 32.2. The van der Waals surface area contributed by atoms with Crippen molar-refractivity contribution in [3.8, 4) is 17.1 Å². The predicted octanol–water partition coefficient (Wildman–Crippen LogP) is 1.67. The SMILES string of the molecule is CNC(=O)CSc1nnc(-c2ccc(O)cc2)n1CC1CCCO1. The van der Waals surface area contributed by atoms with Gasteiger partial charge in [0.05, 0.1) is 18.4 Å². The maximum atomic E-state index is 11.5. The smallest absolute Gasteiger partial charge is 0.230 e. The number of aromatic nitrogens is 3. The fraction of sp³-hybridized carbons (Fsp3) is 0.438. The summed E-state index contributed by atoms with van der Waals surface area (Å²) in [6.45, 7) is 1.43. The molecule has 0 spiro atoms. The molecule has 1 fully saturated rings. The second kappa shape index (κ2) is 7.67. The molecule has 0 saturated carbocycles. The number of hydrogen-bond acceptors (Lipinski definition) is 6. The first-order valence-corrected chi connectivity index (χ1v) is 8.83. The quantitative estimate of drug-likeness (QED) is 0.772. The highest BCUT2D eigenvalue weighted by molar-refractivity contribution is 7.99. The third-order valence-electron chi connectivity index (χ3n) is 3.86. The van der Waals surface area contributed by atoms with Gasteiger partial charge in [0.2, 0.25) is 5.91 Å². The van der Waals surface area contributed by atoms with Crippen LogP contribution in [0.4, 0.5) is 0 Å². The number of nitrogens with zero attached hydrogens (tertiary/aromatic N) is 3. The van der Waals surface area contributed by atoms with Crippen LogP contribution in [0.15, 0.2) is 29.4 Å². The van der Waals surface area contributed by atoms with E-state index in [1.54, 1.807) is 31.3 Å². The van der Waals surface area contributed by atoms with Gasteiger partial charge in [-0.1, -0.05) is 11.8 Å². The summed E-state index contributed by atoms with van der Waals surface area (Å²) < 4.78 is 7.73. The molecule has 2 heterocycles. The molecule has 7 nitrogen and oxygen atoms in total. The van der Waals surface area contributed by atoms with Crippen LogP contribution in [-0.4, -0.2) is 51.3 Å². The number of rotatable bonds is 6. The van der Waals surface area contributed by atoms with Gasteiger partial charge >= 0.3 is 0 Å². The Balaban J connectivity index is 1.87. The van der Waals surface area contributed by atoms with Gasteiger partial charge in [0, 0.05) is 19.2 Å². The minimum absolute atomic E-state index is 0.0575. The Bertz CT molecular complexity index is 696. The summed E-state index contributed by atoms with van der Waals surface area (Å²) in [7, 11) is 1.61. The molecule has 2 aromatic rings. The topological polar surface area (TPSA) is 89.3 Å². The van der Waals surface area contributed by atoms with Gasteiger partial charge in [-0.3, -0.25) is 9.36 Å². The van der Waals surface area contributed by atoms with Crippen molar-refractivity contribution in [1.29, 1.82) is 0 Å². The van der Waals surface area contributed by atoms with Crippen LogP contribution < -0.4 is 5.32 Å². The van der Waals surface area contributed by atoms with E-state index in [-0.39, 0.29) is 23.5 Å². The van der Waals surface area contributed by atoms with Gasteiger partial charge in [0.25, 0.3) is 0 Å². The highest BCUT2D eigenvalue weighted by Gasteiger charge is 2.22. The van der Waals surface area contributed by atoms with Crippen molar-refractivity contribution in [2.45, 2.75) is 30.6 Å². The second-order valence-electron chi connectivity index (χ2n) is 5.56. The average molecular weight is 348 g/mol. The van der Waals surface area contributed by atoms with E-state index >= 15 is 0 Å². The molecule has 2 N–H and O–H groups in total. The molecule has 8 heteroatoms. The van der Waals surface area contributed by atoms with E-state index in [2.05, 4.69) is 15.5 Å². The Morgan fingerprint density at radius 1 is 1.42 bits per heavy atom. The fourth-order valence-electron chi connectivity index (χ4n) is 2.58. The summed E-state index contributed by atoms with van der Waals surface area (Å²) >= 11 is 1.35. The molecule has 1 unspecified atom stereocenters. The minimum atomic E-state index is -0.0575. The lowest BCUT2D eigenvalue weighted by atomic mass is 10.2. The van der Waals surface area contributed by atoms with Gasteiger partial charge in [-0.15, -0.1) is 10.2 Å². The van der Waals surface area contributed by atoms with Crippen LogP contribution >= 0.6 is 11.8 Å². The Labute approximate surface area is 144 Å². The number of phenolic OH excluding ortho intramolecular Hbond substituents is 1. The van der Waals surface area contributed by atoms with Crippen LogP contribution in [0.5, 0.6) is 5.75 Å². The Kier molecular flexibility index (Phi) is 5.37. The Morgan fingerprint density at radius 3 is 2.88 bits per heavy atom. The number of amides is 1. The molecule has 1 aromatic carbocycles. The van der Waals surface area contributed by atoms with Crippen LogP contribution in [0.25, 0.3) is 11.4 Å². The standard InChI is InChI=1S/C16H20N4O3S/c1-17-14(22)10-24-16-19-18-15(11-4-6-12(21)7-5-11)20(16)9-13-3-2-8-23-13/h4-7,13,21H,2-3,8-10H2,1H3,(H,17,22). The zero-order valence-electron chi connectivity index (χ0n) is 13.4. The van der Waals surface area contributed by atoms with E-state index in [1.807, 2.05) is 4.57 Å². The van der Waals surface area contributed by atoms with Gasteiger partial charge in [-0.25, -0.2) is 0 Å². The lowest BCUT2D eigenvalue weighted by Gasteiger charge is -2.14. The Morgan fingerprint density at radius 2 is 2.21 bits per heavy atom. The van der Waals surface area contributed by atoms with Crippen molar-refractivity contribution in [3.63, 3.8) is 0 Å². The molecule has 1 aliphatic heterocycles. The van der Waals surface area contributed by atoms with E-state index in [4.69, 9.17) is 4.74 Å². The normalized spacial score (nSPS) is 17.1. The zero-order chi connectivity index (χ0) is 16.9. The monoisotopic (exact) mass is 348 g/mol. The van der Waals surface area contributed by atoms with Crippen LogP contribution in [-0.2, 0) is 16.1 Å².